The summed E-state index contributed by atoms with van der Waals surface area (Å²) in [6.07, 6.45) is 1.59. The second-order valence-corrected chi connectivity index (χ2v) is 11.5. The Labute approximate surface area is 217 Å². The molecule has 37 heavy (non-hydrogen) atoms. The molecule has 1 unspecified atom stereocenters. The van der Waals surface area contributed by atoms with Crippen LogP contribution in [0.4, 0.5) is 17.6 Å². The minimum atomic E-state index is -1.94. The fraction of sp³-hybridized carbons (Fsp3) is 0.345. The van der Waals surface area contributed by atoms with Gasteiger partial charge in [0.05, 0.1) is 11.9 Å². The molecule has 0 bridgehead atoms. The standard InChI is InChI=1S/C29H32F4NO2P/c1-28(2,3)18-13-17(15-34)25(19(14-18)29(4,5)6)35-12-11-16-9-7-8-10-20(16)36-26-23(32)21(30)22(31)24(33)27(26)37/h7-10,13-15,34H,11-12,37H2,1-6H3. The minimum Gasteiger partial charge on any atom is -0.492 e. The van der Waals surface area contributed by atoms with Gasteiger partial charge in [0, 0.05) is 23.8 Å². The summed E-state index contributed by atoms with van der Waals surface area (Å²) in [6, 6.07) is 10.7. The van der Waals surface area contributed by atoms with Crippen LogP contribution in [0.1, 0.15) is 63.8 Å². The van der Waals surface area contributed by atoms with Gasteiger partial charge in [0.25, 0.3) is 0 Å². The zero-order valence-electron chi connectivity index (χ0n) is 21.9. The van der Waals surface area contributed by atoms with Crippen LogP contribution in [0.15, 0.2) is 36.4 Å². The predicted molar refractivity (Wildman–Crippen MR) is 143 cm³/mol. The highest BCUT2D eigenvalue weighted by Gasteiger charge is 2.27. The van der Waals surface area contributed by atoms with Crippen molar-refractivity contribution >= 4 is 20.8 Å². The molecule has 0 aliphatic heterocycles. The zero-order valence-corrected chi connectivity index (χ0v) is 23.0. The predicted octanol–water partition coefficient (Wildman–Crippen LogP) is 7.75. The first-order chi connectivity index (χ1) is 17.2. The lowest BCUT2D eigenvalue weighted by Gasteiger charge is -2.28. The summed E-state index contributed by atoms with van der Waals surface area (Å²) in [5.74, 6) is -6.96. The Hall–Kier alpha value is -2.92. The maximum Gasteiger partial charge on any atom is 0.205 e. The fourth-order valence-corrected chi connectivity index (χ4v) is 4.13. The molecule has 0 saturated heterocycles. The van der Waals surface area contributed by atoms with Crippen molar-refractivity contribution in [3.05, 3.63) is 81.9 Å². The van der Waals surface area contributed by atoms with E-state index in [0.717, 1.165) is 11.1 Å². The Kier molecular flexibility index (Phi) is 8.38. The average molecular weight is 534 g/mol. The van der Waals surface area contributed by atoms with E-state index in [1.54, 1.807) is 18.2 Å². The molecule has 1 atom stereocenters. The van der Waals surface area contributed by atoms with Crippen LogP contribution in [0.3, 0.4) is 0 Å². The molecular formula is C29H32F4NO2P. The molecule has 1 N–H and O–H groups in total. The van der Waals surface area contributed by atoms with E-state index in [1.807, 2.05) is 15.3 Å². The number of benzene rings is 3. The van der Waals surface area contributed by atoms with Gasteiger partial charge in [-0.25, -0.2) is 13.2 Å². The van der Waals surface area contributed by atoms with Gasteiger partial charge in [-0.3, -0.25) is 0 Å². The quantitative estimate of drug-likeness (QED) is 0.111. The number of halogens is 4. The summed E-state index contributed by atoms with van der Waals surface area (Å²) in [5, 5.41) is 7.44. The summed E-state index contributed by atoms with van der Waals surface area (Å²) in [4.78, 5) is 0. The molecule has 3 aromatic carbocycles. The molecule has 0 fully saturated rings. The number of rotatable bonds is 7. The van der Waals surface area contributed by atoms with Crippen molar-refractivity contribution in [1.82, 2.24) is 0 Å². The molecular weight excluding hydrogens is 501 g/mol. The third kappa shape index (κ3) is 6.15. The lowest BCUT2D eigenvalue weighted by molar-refractivity contribution is 0.309. The monoisotopic (exact) mass is 533 g/mol. The van der Waals surface area contributed by atoms with E-state index in [2.05, 4.69) is 47.6 Å². The molecule has 0 saturated carbocycles. The van der Waals surface area contributed by atoms with Gasteiger partial charge >= 0.3 is 0 Å². The van der Waals surface area contributed by atoms with Gasteiger partial charge in [-0.15, -0.1) is 0 Å². The highest BCUT2D eigenvalue weighted by atomic mass is 31.0. The molecule has 0 heterocycles. The SMILES string of the molecule is CC(C)(C)c1cc(C=N)c(OCCc2ccccc2Oc2c(F)c(F)c(F)c(F)c2P)c(C(C)(C)C)c1. The smallest absolute Gasteiger partial charge is 0.205 e. The van der Waals surface area contributed by atoms with Crippen LogP contribution in [0, 0.1) is 28.7 Å². The third-order valence-corrected chi connectivity index (χ3v) is 6.52. The largest absolute Gasteiger partial charge is 0.492 e. The fourth-order valence-electron chi connectivity index (χ4n) is 3.82. The Morgan fingerprint density at radius 3 is 2.05 bits per heavy atom. The van der Waals surface area contributed by atoms with Crippen LogP contribution >= 0.6 is 9.24 Å². The highest BCUT2D eigenvalue weighted by Crippen LogP contribution is 2.38. The lowest BCUT2D eigenvalue weighted by atomic mass is 9.79. The van der Waals surface area contributed by atoms with Crippen LogP contribution in [0.5, 0.6) is 17.2 Å². The van der Waals surface area contributed by atoms with Crippen molar-refractivity contribution in [2.45, 2.75) is 58.8 Å². The van der Waals surface area contributed by atoms with Crippen LogP contribution < -0.4 is 14.8 Å². The Balaban J connectivity index is 1.91. The lowest BCUT2D eigenvalue weighted by Crippen LogP contribution is -2.19. The van der Waals surface area contributed by atoms with Gasteiger partial charge in [-0.2, -0.15) is 4.39 Å². The topological polar surface area (TPSA) is 42.3 Å². The first-order valence-corrected chi connectivity index (χ1v) is 12.4. The van der Waals surface area contributed by atoms with E-state index >= 15 is 0 Å². The molecule has 198 valence electrons. The molecule has 0 spiro atoms. The molecule has 0 aromatic heterocycles. The summed E-state index contributed by atoms with van der Waals surface area (Å²) in [5.41, 5.74) is 2.95. The van der Waals surface area contributed by atoms with E-state index in [1.165, 1.54) is 12.3 Å². The van der Waals surface area contributed by atoms with Crippen molar-refractivity contribution in [3.8, 4) is 17.2 Å². The second kappa shape index (κ2) is 10.8. The van der Waals surface area contributed by atoms with Gasteiger partial charge < -0.3 is 14.9 Å². The maximum absolute atomic E-state index is 14.4. The van der Waals surface area contributed by atoms with E-state index < -0.39 is 34.3 Å². The average Bonchev–Trinajstić information content (AvgIpc) is 2.83. The second-order valence-electron chi connectivity index (χ2n) is 10.9. The number of ether oxygens (including phenoxy) is 2. The number of hydrogen-bond donors (Lipinski definition) is 1. The van der Waals surface area contributed by atoms with Crippen LogP contribution in [0.25, 0.3) is 0 Å². The number of nitrogens with one attached hydrogen (secondary N) is 1. The normalized spacial score (nSPS) is 12.0. The summed E-state index contributed by atoms with van der Waals surface area (Å²) < 4.78 is 67.5. The zero-order chi connectivity index (χ0) is 27.7. The summed E-state index contributed by atoms with van der Waals surface area (Å²) in [7, 11) is 1.85. The van der Waals surface area contributed by atoms with E-state index in [-0.39, 0.29) is 23.2 Å². The molecule has 0 amide bonds. The molecule has 3 nitrogen and oxygen atoms in total. The molecule has 3 rings (SSSR count). The van der Waals surface area contributed by atoms with Crippen LogP contribution in [-0.4, -0.2) is 12.8 Å². The van der Waals surface area contributed by atoms with Crippen molar-refractivity contribution < 1.29 is 27.0 Å². The number of hydrogen-bond acceptors (Lipinski definition) is 3. The van der Waals surface area contributed by atoms with Gasteiger partial charge in [0.2, 0.25) is 11.6 Å². The molecule has 0 aliphatic rings. The third-order valence-electron chi connectivity index (χ3n) is 6.01. The first-order valence-electron chi connectivity index (χ1n) is 11.9. The summed E-state index contributed by atoms with van der Waals surface area (Å²) in [6.45, 7) is 12.8. The van der Waals surface area contributed by atoms with Crippen LogP contribution in [-0.2, 0) is 17.3 Å². The molecule has 0 radical (unpaired) electrons. The maximum atomic E-state index is 14.4. The van der Waals surface area contributed by atoms with Crippen molar-refractivity contribution in [2.24, 2.45) is 0 Å². The first kappa shape index (κ1) is 28.6. The van der Waals surface area contributed by atoms with E-state index in [4.69, 9.17) is 14.9 Å². The van der Waals surface area contributed by atoms with E-state index in [9.17, 15) is 17.6 Å². The van der Waals surface area contributed by atoms with Gasteiger partial charge in [-0.1, -0.05) is 75.0 Å². The summed E-state index contributed by atoms with van der Waals surface area (Å²) >= 11 is 0. The Morgan fingerprint density at radius 2 is 1.46 bits per heavy atom. The minimum absolute atomic E-state index is 0.114. The Morgan fingerprint density at radius 1 is 0.838 bits per heavy atom. The molecule has 3 aromatic rings. The van der Waals surface area contributed by atoms with Crippen molar-refractivity contribution in [2.75, 3.05) is 6.61 Å². The van der Waals surface area contributed by atoms with Crippen molar-refractivity contribution in [3.63, 3.8) is 0 Å². The van der Waals surface area contributed by atoms with Gasteiger partial charge in [0.15, 0.2) is 17.4 Å². The van der Waals surface area contributed by atoms with Crippen LogP contribution in [0.2, 0.25) is 0 Å². The number of para-hydroxylation sites is 1. The van der Waals surface area contributed by atoms with Gasteiger partial charge in [0.1, 0.15) is 11.5 Å². The highest BCUT2D eigenvalue weighted by molar-refractivity contribution is 7.27. The Bertz CT molecular complexity index is 1300. The van der Waals surface area contributed by atoms with Gasteiger partial charge in [-0.05, 0) is 34.1 Å². The van der Waals surface area contributed by atoms with Crippen molar-refractivity contribution in [1.29, 1.82) is 5.41 Å². The molecule has 0 aliphatic carbocycles. The molecule has 8 heteroatoms. The van der Waals surface area contributed by atoms with E-state index in [0.29, 0.717) is 23.3 Å².